The van der Waals surface area contributed by atoms with E-state index in [-0.39, 0.29) is 0 Å². The molecule has 1 aliphatic rings. The zero-order valence-electron chi connectivity index (χ0n) is 17.8. The Labute approximate surface area is 182 Å². The van der Waals surface area contributed by atoms with Gasteiger partial charge in [-0.2, -0.15) is 5.10 Å². The molecule has 2 heterocycles. The molecule has 0 saturated carbocycles. The second-order valence-corrected chi connectivity index (χ2v) is 7.97. The van der Waals surface area contributed by atoms with Crippen molar-refractivity contribution >= 4 is 12.0 Å². The fourth-order valence-electron chi connectivity index (χ4n) is 4.17. The van der Waals surface area contributed by atoms with Crippen molar-refractivity contribution in [3.05, 3.63) is 83.1 Å². The SMILES string of the molecule is Cn1cc(CCN2CCc3ccc(/C=C/C(=O)NO)cc3CC2)c(-c2ccccc2)n1. The smallest absolute Gasteiger partial charge is 0.267 e. The predicted molar refractivity (Wildman–Crippen MR) is 122 cm³/mol. The Morgan fingerprint density at radius 3 is 2.68 bits per heavy atom. The van der Waals surface area contributed by atoms with E-state index in [9.17, 15) is 4.79 Å². The first-order valence-electron chi connectivity index (χ1n) is 10.7. The summed E-state index contributed by atoms with van der Waals surface area (Å²) in [6.45, 7) is 3.05. The number of aryl methyl sites for hydroxylation is 1. The van der Waals surface area contributed by atoms with Gasteiger partial charge in [-0.3, -0.25) is 14.7 Å². The first kappa shape index (κ1) is 21.0. The van der Waals surface area contributed by atoms with Crippen LogP contribution in [0.3, 0.4) is 0 Å². The minimum absolute atomic E-state index is 0.522. The van der Waals surface area contributed by atoms with Crippen LogP contribution in [0.4, 0.5) is 0 Å². The van der Waals surface area contributed by atoms with Crippen molar-refractivity contribution in [2.24, 2.45) is 7.05 Å². The van der Waals surface area contributed by atoms with Gasteiger partial charge in [0.05, 0.1) is 5.69 Å². The average molecular weight is 417 g/mol. The Bertz CT molecular complexity index is 1070. The molecule has 4 rings (SSSR count). The van der Waals surface area contributed by atoms with Gasteiger partial charge in [-0.05, 0) is 47.6 Å². The topological polar surface area (TPSA) is 70.4 Å². The molecule has 1 aliphatic heterocycles. The van der Waals surface area contributed by atoms with Gasteiger partial charge in [-0.25, -0.2) is 5.48 Å². The molecule has 0 fully saturated rings. The van der Waals surface area contributed by atoms with Gasteiger partial charge in [0, 0.05) is 44.5 Å². The summed E-state index contributed by atoms with van der Waals surface area (Å²) >= 11 is 0. The molecule has 6 heteroatoms. The van der Waals surface area contributed by atoms with Gasteiger partial charge in [0.25, 0.3) is 5.91 Å². The Morgan fingerprint density at radius 2 is 1.90 bits per heavy atom. The van der Waals surface area contributed by atoms with Crippen LogP contribution < -0.4 is 5.48 Å². The highest BCUT2D eigenvalue weighted by atomic mass is 16.5. The zero-order chi connectivity index (χ0) is 21.6. The van der Waals surface area contributed by atoms with Crippen molar-refractivity contribution < 1.29 is 10.0 Å². The van der Waals surface area contributed by atoms with E-state index in [2.05, 4.69) is 52.6 Å². The maximum Gasteiger partial charge on any atom is 0.267 e. The van der Waals surface area contributed by atoms with Crippen molar-refractivity contribution in [1.29, 1.82) is 0 Å². The lowest BCUT2D eigenvalue weighted by atomic mass is 10.00. The molecule has 0 aliphatic carbocycles. The van der Waals surface area contributed by atoms with Crippen molar-refractivity contribution in [3.8, 4) is 11.3 Å². The Kier molecular flexibility index (Phi) is 6.60. The lowest BCUT2D eigenvalue weighted by molar-refractivity contribution is -0.124. The number of nitrogens with one attached hydrogen (secondary N) is 1. The second-order valence-electron chi connectivity index (χ2n) is 7.97. The second kappa shape index (κ2) is 9.73. The number of carbonyl (C=O) groups excluding carboxylic acids is 1. The molecule has 0 saturated heterocycles. The van der Waals surface area contributed by atoms with Gasteiger partial charge in [-0.15, -0.1) is 0 Å². The standard InChI is InChI=1S/C25H28N4O2/c1-28-18-23(25(26-28)21-5-3-2-4-6-21)13-16-29-14-11-20-9-7-19(8-10-24(30)27-31)17-22(20)12-15-29/h2-10,17-18,31H,11-16H2,1H3,(H,27,30)/b10-8+. The van der Waals surface area contributed by atoms with Crippen LogP contribution in [-0.2, 0) is 31.1 Å². The van der Waals surface area contributed by atoms with Crippen LogP contribution in [-0.4, -0.2) is 45.4 Å². The van der Waals surface area contributed by atoms with Crippen molar-refractivity contribution in [1.82, 2.24) is 20.2 Å². The van der Waals surface area contributed by atoms with Crippen LogP contribution in [0.15, 0.2) is 60.8 Å². The van der Waals surface area contributed by atoms with E-state index in [1.54, 1.807) is 11.6 Å². The summed E-state index contributed by atoms with van der Waals surface area (Å²) in [5.41, 5.74) is 8.82. The van der Waals surface area contributed by atoms with E-state index in [1.807, 2.05) is 23.9 Å². The number of hydroxylamine groups is 1. The summed E-state index contributed by atoms with van der Waals surface area (Å²) in [6.07, 6.45) is 8.18. The third-order valence-electron chi connectivity index (χ3n) is 5.81. The number of nitrogens with zero attached hydrogens (tertiary/aromatic N) is 3. The monoisotopic (exact) mass is 416 g/mol. The number of aromatic nitrogens is 2. The summed E-state index contributed by atoms with van der Waals surface area (Å²) in [5, 5.41) is 13.3. The van der Waals surface area contributed by atoms with Crippen LogP contribution in [0.1, 0.15) is 22.3 Å². The number of carbonyl (C=O) groups is 1. The Hall–Kier alpha value is -3.22. The normalized spacial score (nSPS) is 14.4. The predicted octanol–water partition coefficient (Wildman–Crippen LogP) is 3.25. The van der Waals surface area contributed by atoms with Gasteiger partial charge in [0.2, 0.25) is 0 Å². The number of hydrogen-bond donors (Lipinski definition) is 2. The zero-order valence-corrected chi connectivity index (χ0v) is 17.8. The summed E-state index contributed by atoms with van der Waals surface area (Å²) < 4.78 is 1.90. The molecule has 0 bridgehead atoms. The van der Waals surface area contributed by atoms with Crippen LogP contribution in [0.2, 0.25) is 0 Å². The maximum absolute atomic E-state index is 11.2. The van der Waals surface area contributed by atoms with E-state index in [0.717, 1.165) is 55.7 Å². The van der Waals surface area contributed by atoms with Crippen LogP contribution >= 0.6 is 0 Å². The average Bonchev–Trinajstić information content (AvgIpc) is 3.05. The summed E-state index contributed by atoms with van der Waals surface area (Å²) in [5.74, 6) is -0.522. The molecule has 0 spiro atoms. The summed E-state index contributed by atoms with van der Waals surface area (Å²) in [6, 6.07) is 16.7. The summed E-state index contributed by atoms with van der Waals surface area (Å²) in [7, 11) is 1.98. The highest BCUT2D eigenvalue weighted by Gasteiger charge is 2.16. The van der Waals surface area contributed by atoms with E-state index >= 15 is 0 Å². The highest BCUT2D eigenvalue weighted by Crippen LogP contribution is 2.23. The maximum atomic E-state index is 11.2. The summed E-state index contributed by atoms with van der Waals surface area (Å²) in [4.78, 5) is 13.7. The lowest BCUT2D eigenvalue weighted by Crippen LogP contribution is -2.28. The minimum Gasteiger partial charge on any atom is -0.302 e. The molecule has 1 amide bonds. The lowest BCUT2D eigenvalue weighted by Gasteiger charge is -2.19. The molecule has 31 heavy (non-hydrogen) atoms. The molecule has 160 valence electrons. The number of benzene rings is 2. The van der Waals surface area contributed by atoms with E-state index in [1.165, 1.54) is 22.8 Å². The first-order valence-corrected chi connectivity index (χ1v) is 10.7. The fraction of sp³-hybridized carbons (Fsp3) is 0.280. The molecule has 2 N–H and O–H groups in total. The molecule has 2 aromatic carbocycles. The molecule has 0 radical (unpaired) electrons. The van der Waals surface area contributed by atoms with E-state index < -0.39 is 5.91 Å². The van der Waals surface area contributed by atoms with Gasteiger partial charge < -0.3 is 4.90 Å². The third kappa shape index (κ3) is 5.29. The molecular weight excluding hydrogens is 388 g/mol. The van der Waals surface area contributed by atoms with Crippen molar-refractivity contribution in [3.63, 3.8) is 0 Å². The quantitative estimate of drug-likeness (QED) is 0.368. The first-order chi connectivity index (χ1) is 15.1. The van der Waals surface area contributed by atoms with Crippen molar-refractivity contribution in [2.75, 3.05) is 19.6 Å². The number of hydrogen-bond acceptors (Lipinski definition) is 4. The Morgan fingerprint density at radius 1 is 1.13 bits per heavy atom. The van der Waals surface area contributed by atoms with Crippen LogP contribution in [0, 0.1) is 0 Å². The van der Waals surface area contributed by atoms with Gasteiger partial charge in [0.15, 0.2) is 0 Å². The highest BCUT2D eigenvalue weighted by molar-refractivity contribution is 5.90. The molecule has 3 aromatic rings. The van der Waals surface area contributed by atoms with Crippen molar-refractivity contribution in [2.45, 2.75) is 19.3 Å². The largest absolute Gasteiger partial charge is 0.302 e. The third-order valence-corrected chi connectivity index (χ3v) is 5.81. The van der Waals surface area contributed by atoms with Gasteiger partial charge >= 0.3 is 0 Å². The molecule has 6 nitrogen and oxygen atoms in total. The fourth-order valence-corrected chi connectivity index (χ4v) is 4.17. The molecule has 0 atom stereocenters. The minimum atomic E-state index is -0.522. The molecular formula is C25H28N4O2. The molecule has 1 aromatic heterocycles. The van der Waals surface area contributed by atoms with Gasteiger partial charge in [-0.1, -0.05) is 48.5 Å². The number of fused-ring (bicyclic) bond motifs is 1. The molecule has 0 unspecified atom stereocenters. The van der Waals surface area contributed by atoms with Crippen LogP contribution in [0.5, 0.6) is 0 Å². The number of rotatable bonds is 6. The van der Waals surface area contributed by atoms with E-state index in [4.69, 9.17) is 5.21 Å². The van der Waals surface area contributed by atoms with Gasteiger partial charge in [0.1, 0.15) is 0 Å². The van der Waals surface area contributed by atoms with Crippen LogP contribution in [0.25, 0.3) is 17.3 Å². The number of amides is 1. The van der Waals surface area contributed by atoms with E-state index in [0.29, 0.717) is 0 Å². The Balaban J connectivity index is 1.40.